The summed E-state index contributed by atoms with van der Waals surface area (Å²) in [5.41, 5.74) is 1.82. The highest BCUT2D eigenvalue weighted by Crippen LogP contribution is 2.39. The molecule has 118 valence electrons. The fraction of sp³-hybridized carbons (Fsp3) is 0.333. The van der Waals surface area contributed by atoms with E-state index in [0.29, 0.717) is 16.5 Å². The molecule has 1 aliphatic rings. The van der Waals surface area contributed by atoms with E-state index in [1.807, 2.05) is 17.5 Å². The number of thiophene rings is 2. The molecular formula is C18H18N2OS2. The minimum Gasteiger partial charge on any atom is -0.313 e. The van der Waals surface area contributed by atoms with Gasteiger partial charge in [-0.25, -0.2) is 0 Å². The van der Waals surface area contributed by atoms with Crippen molar-refractivity contribution >= 4 is 39.7 Å². The van der Waals surface area contributed by atoms with Crippen LogP contribution in [0.25, 0.3) is 6.08 Å². The van der Waals surface area contributed by atoms with Crippen LogP contribution in [-0.2, 0) is 17.6 Å². The molecule has 1 unspecified atom stereocenters. The number of amides is 1. The van der Waals surface area contributed by atoms with Crippen molar-refractivity contribution in [2.24, 2.45) is 5.92 Å². The molecule has 0 aliphatic heterocycles. The maximum atomic E-state index is 12.1. The van der Waals surface area contributed by atoms with E-state index in [9.17, 15) is 10.1 Å². The predicted octanol–water partition coefficient (Wildman–Crippen LogP) is 4.85. The van der Waals surface area contributed by atoms with Crippen molar-refractivity contribution in [3.05, 3.63) is 44.5 Å². The average Bonchev–Trinajstić information content (AvgIpc) is 3.19. The number of carbonyl (C=O) groups is 1. The Morgan fingerprint density at radius 1 is 1.57 bits per heavy atom. The van der Waals surface area contributed by atoms with E-state index in [2.05, 4.69) is 18.3 Å². The molecule has 0 aromatic carbocycles. The van der Waals surface area contributed by atoms with Crippen molar-refractivity contribution < 1.29 is 4.79 Å². The van der Waals surface area contributed by atoms with Gasteiger partial charge < -0.3 is 5.32 Å². The zero-order valence-electron chi connectivity index (χ0n) is 13.0. The van der Waals surface area contributed by atoms with Gasteiger partial charge in [0.05, 0.1) is 5.56 Å². The van der Waals surface area contributed by atoms with Crippen LogP contribution in [0.15, 0.2) is 23.6 Å². The molecule has 0 bridgehead atoms. The van der Waals surface area contributed by atoms with Gasteiger partial charge in [0.2, 0.25) is 5.91 Å². The van der Waals surface area contributed by atoms with Crippen LogP contribution in [0.3, 0.4) is 0 Å². The van der Waals surface area contributed by atoms with Gasteiger partial charge in [-0.1, -0.05) is 19.4 Å². The molecule has 0 spiro atoms. The first-order chi connectivity index (χ1) is 11.2. The van der Waals surface area contributed by atoms with Crippen LogP contribution < -0.4 is 5.32 Å². The van der Waals surface area contributed by atoms with E-state index in [-0.39, 0.29) is 5.91 Å². The summed E-state index contributed by atoms with van der Waals surface area (Å²) >= 11 is 3.16. The summed E-state index contributed by atoms with van der Waals surface area (Å²) in [6.45, 7) is 2.21. The number of hydrogen-bond donors (Lipinski definition) is 1. The maximum Gasteiger partial charge on any atom is 0.249 e. The molecule has 2 aromatic rings. The third-order valence-electron chi connectivity index (χ3n) is 4.24. The highest BCUT2D eigenvalue weighted by molar-refractivity contribution is 7.16. The van der Waals surface area contributed by atoms with Crippen molar-refractivity contribution in [2.45, 2.75) is 32.6 Å². The Bertz CT molecular complexity index is 766. The van der Waals surface area contributed by atoms with Crippen molar-refractivity contribution in [1.29, 1.82) is 5.26 Å². The fourth-order valence-electron chi connectivity index (χ4n) is 2.91. The first-order valence-corrected chi connectivity index (χ1v) is 9.48. The van der Waals surface area contributed by atoms with Gasteiger partial charge in [0.1, 0.15) is 11.1 Å². The highest BCUT2D eigenvalue weighted by atomic mass is 32.1. The molecular weight excluding hydrogens is 324 g/mol. The van der Waals surface area contributed by atoms with Crippen LogP contribution in [-0.4, -0.2) is 5.91 Å². The van der Waals surface area contributed by atoms with E-state index in [4.69, 9.17) is 0 Å². The highest BCUT2D eigenvalue weighted by Gasteiger charge is 2.25. The number of nitriles is 1. The van der Waals surface area contributed by atoms with Crippen LogP contribution in [0.2, 0.25) is 0 Å². The van der Waals surface area contributed by atoms with Gasteiger partial charge in [0.15, 0.2) is 0 Å². The molecule has 0 saturated heterocycles. The van der Waals surface area contributed by atoms with Gasteiger partial charge in [-0.2, -0.15) is 5.26 Å². The third-order valence-corrected chi connectivity index (χ3v) is 6.24. The number of anilines is 1. The van der Waals surface area contributed by atoms with E-state index >= 15 is 0 Å². The second-order valence-electron chi connectivity index (χ2n) is 5.67. The Balaban J connectivity index is 1.77. The first kappa shape index (κ1) is 16.0. The summed E-state index contributed by atoms with van der Waals surface area (Å²) < 4.78 is 0. The second kappa shape index (κ2) is 7.12. The molecule has 2 aromatic heterocycles. The Morgan fingerprint density at radius 2 is 2.43 bits per heavy atom. The fourth-order valence-corrected chi connectivity index (χ4v) is 4.84. The van der Waals surface area contributed by atoms with Gasteiger partial charge in [-0.3, -0.25) is 4.79 Å². The molecule has 3 nitrogen and oxygen atoms in total. The van der Waals surface area contributed by atoms with Crippen LogP contribution in [0.5, 0.6) is 0 Å². The lowest BCUT2D eigenvalue weighted by Crippen LogP contribution is -2.12. The molecule has 0 fully saturated rings. The molecule has 1 amide bonds. The standard InChI is InChI=1S/C18H18N2OS2/c1-2-12-5-7-14-15(11-19)18(23-16(14)10-12)20-17(21)8-6-13-4-3-9-22-13/h3-4,6,8-9,12H,2,5,7,10H2,1H3,(H,20,21). The monoisotopic (exact) mass is 342 g/mol. The topological polar surface area (TPSA) is 52.9 Å². The molecule has 1 N–H and O–H groups in total. The summed E-state index contributed by atoms with van der Waals surface area (Å²) in [5, 5.41) is 15.0. The summed E-state index contributed by atoms with van der Waals surface area (Å²) in [7, 11) is 0. The number of carbonyl (C=O) groups excluding carboxylic acids is 1. The Labute approximate surface area is 144 Å². The first-order valence-electron chi connectivity index (χ1n) is 7.78. The van der Waals surface area contributed by atoms with Crippen LogP contribution in [0.1, 0.15) is 40.6 Å². The lowest BCUT2D eigenvalue weighted by molar-refractivity contribution is -0.111. The van der Waals surface area contributed by atoms with Crippen molar-refractivity contribution in [3.8, 4) is 6.07 Å². The van der Waals surface area contributed by atoms with Gasteiger partial charge >= 0.3 is 0 Å². The Morgan fingerprint density at radius 3 is 3.13 bits per heavy atom. The third kappa shape index (κ3) is 3.54. The number of nitrogens with one attached hydrogen (secondary N) is 1. The smallest absolute Gasteiger partial charge is 0.249 e. The number of fused-ring (bicyclic) bond motifs is 1. The summed E-state index contributed by atoms with van der Waals surface area (Å²) in [6.07, 6.45) is 7.62. The summed E-state index contributed by atoms with van der Waals surface area (Å²) in [4.78, 5) is 14.4. The predicted molar refractivity (Wildman–Crippen MR) is 96.8 cm³/mol. The SMILES string of the molecule is CCC1CCc2c(sc(NC(=O)C=Cc3cccs3)c2C#N)C1. The Kier molecular flexibility index (Phi) is 4.94. The minimum atomic E-state index is -0.180. The number of hydrogen-bond acceptors (Lipinski definition) is 4. The minimum absolute atomic E-state index is 0.180. The van der Waals surface area contributed by atoms with Gasteiger partial charge in [0.25, 0.3) is 0 Å². The average molecular weight is 342 g/mol. The zero-order valence-corrected chi connectivity index (χ0v) is 14.6. The van der Waals surface area contributed by atoms with Crippen molar-refractivity contribution in [2.75, 3.05) is 5.32 Å². The zero-order chi connectivity index (χ0) is 16.2. The number of nitrogens with zero attached hydrogens (tertiary/aromatic N) is 1. The normalized spacial score (nSPS) is 17.0. The summed E-state index contributed by atoms with van der Waals surface area (Å²) in [5.74, 6) is 0.524. The Hall–Kier alpha value is -1.90. The van der Waals surface area contributed by atoms with E-state index < -0.39 is 0 Å². The van der Waals surface area contributed by atoms with Crippen LogP contribution in [0.4, 0.5) is 5.00 Å². The van der Waals surface area contributed by atoms with Crippen molar-refractivity contribution in [1.82, 2.24) is 0 Å². The lowest BCUT2D eigenvalue weighted by Gasteiger charge is -2.20. The quantitative estimate of drug-likeness (QED) is 0.808. The van der Waals surface area contributed by atoms with Gasteiger partial charge in [-0.15, -0.1) is 22.7 Å². The molecule has 1 atom stereocenters. The van der Waals surface area contributed by atoms with E-state index in [0.717, 1.165) is 29.7 Å². The largest absolute Gasteiger partial charge is 0.313 e. The maximum absolute atomic E-state index is 12.1. The van der Waals surface area contributed by atoms with E-state index in [1.165, 1.54) is 17.4 Å². The molecule has 0 radical (unpaired) electrons. The van der Waals surface area contributed by atoms with Gasteiger partial charge in [-0.05, 0) is 48.3 Å². The molecule has 2 heterocycles. The lowest BCUT2D eigenvalue weighted by atomic mass is 9.86. The second-order valence-corrected chi connectivity index (χ2v) is 7.76. The number of rotatable bonds is 4. The molecule has 1 aliphatic carbocycles. The van der Waals surface area contributed by atoms with Crippen molar-refractivity contribution in [3.63, 3.8) is 0 Å². The summed E-state index contributed by atoms with van der Waals surface area (Å²) in [6, 6.07) is 6.20. The van der Waals surface area contributed by atoms with Gasteiger partial charge in [0, 0.05) is 15.8 Å². The molecule has 23 heavy (non-hydrogen) atoms. The molecule has 0 saturated carbocycles. The van der Waals surface area contributed by atoms with Crippen LogP contribution >= 0.6 is 22.7 Å². The molecule has 5 heteroatoms. The van der Waals surface area contributed by atoms with Crippen LogP contribution in [0, 0.1) is 17.2 Å². The van der Waals surface area contributed by atoms with E-state index in [1.54, 1.807) is 28.7 Å². The molecule has 3 rings (SSSR count).